The molecule has 0 saturated carbocycles. The van der Waals surface area contributed by atoms with Gasteiger partial charge in [0.05, 0.1) is 25.2 Å². The minimum absolute atomic E-state index is 0.578. The van der Waals surface area contributed by atoms with E-state index in [1.807, 2.05) is 29.9 Å². The number of thiophene rings is 1. The summed E-state index contributed by atoms with van der Waals surface area (Å²) >= 11 is 1.66. The van der Waals surface area contributed by atoms with Gasteiger partial charge < -0.3 is 10.1 Å². The third-order valence-electron chi connectivity index (χ3n) is 3.42. The molecule has 0 spiro atoms. The first-order valence-electron chi connectivity index (χ1n) is 6.97. The molecule has 0 radical (unpaired) electrons. The first-order chi connectivity index (χ1) is 11.3. The molecule has 4 aromatic rings. The van der Waals surface area contributed by atoms with Gasteiger partial charge in [-0.2, -0.15) is 16.4 Å². The zero-order valence-corrected chi connectivity index (χ0v) is 13.1. The van der Waals surface area contributed by atoms with Gasteiger partial charge in [0.2, 0.25) is 5.88 Å². The number of pyridine rings is 1. The van der Waals surface area contributed by atoms with E-state index in [2.05, 4.69) is 31.8 Å². The largest absolute Gasteiger partial charge is 0.481 e. The van der Waals surface area contributed by atoms with Gasteiger partial charge in [-0.25, -0.2) is 14.5 Å². The molecular weight excluding hydrogens is 310 g/mol. The summed E-state index contributed by atoms with van der Waals surface area (Å²) in [6.07, 6.45) is 5.43. The van der Waals surface area contributed by atoms with Crippen LogP contribution >= 0.6 is 11.3 Å². The van der Waals surface area contributed by atoms with Crippen molar-refractivity contribution in [1.82, 2.24) is 19.6 Å². The highest BCUT2D eigenvalue weighted by molar-refractivity contribution is 7.08. The fourth-order valence-corrected chi connectivity index (χ4v) is 2.94. The van der Waals surface area contributed by atoms with Crippen LogP contribution in [0.25, 0.3) is 16.8 Å². The summed E-state index contributed by atoms with van der Waals surface area (Å²) in [5, 5.41) is 11.7. The van der Waals surface area contributed by atoms with Crippen LogP contribution in [0.15, 0.2) is 53.6 Å². The van der Waals surface area contributed by atoms with Crippen molar-refractivity contribution in [2.45, 2.75) is 0 Å². The van der Waals surface area contributed by atoms with Crippen molar-refractivity contribution in [3.63, 3.8) is 0 Å². The topological polar surface area (TPSA) is 64.3 Å². The number of nitrogens with zero attached hydrogens (tertiary/aromatic N) is 4. The summed E-state index contributed by atoms with van der Waals surface area (Å²) in [5.74, 6) is 1.32. The highest BCUT2D eigenvalue weighted by atomic mass is 32.1. The van der Waals surface area contributed by atoms with Gasteiger partial charge in [-0.05, 0) is 34.5 Å². The summed E-state index contributed by atoms with van der Waals surface area (Å²) in [6, 6.07) is 7.64. The summed E-state index contributed by atoms with van der Waals surface area (Å²) in [4.78, 5) is 8.84. The third-order valence-corrected chi connectivity index (χ3v) is 4.10. The maximum Gasteiger partial charge on any atom is 0.213 e. The van der Waals surface area contributed by atoms with Gasteiger partial charge in [0, 0.05) is 17.8 Å². The Labute approximate surface area is 136 Å². The van der Waals surface area contributed by atoms with Crippen molar-refractivity contribution in [2.75, 3.05) is 12.4 Å². The second kappa shape index (κ2) is 5.69. The number of hydrogen-bond donors (Lipinski definition) is 1. The van der Waals surface area contributed by atoms with Crippen LogP contribution in [-0.2, 0) is 0 Å². The minimum atomic E-state index is 0.578. The molecule has 0 unspecified atom stereocenters. The Bertz CT molecular complexity index is 931. The number of ether oxygens (including phenoxy) is 1. The Morgan fingerprint density at radius 3 is 2.87 bits per heavy atom. The van der Waals surface area contributed by atoms with Crippen LogP contribution in [0, 0.1) is 0 Å². The number of methoxy groups -OCH3 is 1. The normalized spacial score (nSPS) is 10.8. The molecule has 0 aliphatic heterocycles. The molecule has 0 atom stereocenters. The van der Waals surface area contributed by atoms with Gasteiger partial charge in [-0.3, -0.25) is 0 Å². The van der Waals surface area contributed by atoms with Gasteiger partial charge in [0.25, 0.3) is 0 Å². The van der Waals surface area contributed by atoms with Crippen molar-refractivity contribution in [1.29, 1.82) is 0 Å². The molecule has 7 heteroatoms. The lowest BCUT2D eigenvalue weighted by Crippen LogP contribution is -1.98. The Hall–Kier alpha value is -2.93. The molecule has 23 heavy (non-hydrogen) atoms. The molecule has 4 aromatic heterocycles. The zero-order valence-electron chi connectivity index (χ0n) is 12.3. The van der Waals surface area contributed by atoms with Gasteiger partial charge in [-0.15, -0.1) is 0 Å². The van der Waals surface area contributed by atoms with Crippen molar-refractivity contribution >= 4 is 28.5 Å². The lowest BCUT2D eigenvalue weighted by Gasteiger charge is -2.06. The highest BCUT2D eigenvalue weighted by Crippen LogP contribution is 2.26. The number of hydrogen-bond acceptors (Lipinski definition) is 6. The van der Waals surface area contributed by atoms with E-state index in [0.717, 1.165) is 28.3 Å². The van der Waals surface area contributed by atoms with E-state index in [0.29, 0.717) is 5.88 Å². The Balaban J connectivity index is 1.69. The van der Waals surface area contributed by atoms with Gasteiger partial charge in [0.15, 0.2) is 5.65 Å². The lowest BCUT2D eigenvalue weighted by atomic mass is 10.2. The van der Waals surface area contributed by atoms with Crippen LogP contribution in [0.5, 0.6) is 5.88 Å². The Morgan fingerprint density at radius 1 is 1.17 bits per heavy atom. The average Bonchev–Trinajstić information content (AvgIpc) is 3.24. The number of nitrogens with one attached hydrogen (secondary N) is 1. The van der Waals surface area contributed by atoms with E-state index in [9.17, 15) is 0 Å². The number of rotatable bonds is 4. The summed E-state index contributed by atoms with van der Waals surface area (Å²) in [7, 11) is 1.59. The first-order valence-corrected chi connectivity index (χ1v) is 7.92. The smallest absolute Gasteiger partial charge is 0.213 e. The molecule has 1 N–H and O–H groups in total. The third kappa shape index (κ3) is 2.62. The average molecular weight is 323 g/mol. The second-order valence-electron chi connectivity index (χ2n) is 4.87. The Morgan fingerprint density at radius 2 is 2.13 bits per heavy atom. The van der Waals surface area contributed by atoms with Gasteiger partial charge in [-0.1, -0.05) is 0 Å². The maximum atomic E-state index is 5.06. The molecule has 0 aliphatic rings. The van der Waals surface area contributed by atoms with Crippen LogP contribution in [-0.4, -0.2) is 26.7 Å². The van der Waals surface area contributed by atoms with E-state index >= 15 is 0 Å². The van der Waals surface area contributed by atoms with E-state index in [4.69, 9.17) is 4.74 Å². The fraction of sp³-hybridized carbons (Fsp3) is 0.0625. The predicted molar refractivity (Wildman–Crippen MR) is 90.4 cm³/mol. The predicted octanol–water partition coefficient (Wildman–Crippen LogP) is 3.61. The SMILES string of the molecule is COc1ccc(Nc2ccn3ncc(-c4ccsc4)c3n2)cn1. The summed E-state index contributed by atoms with van der Waals surface area (Å²) < 4.78 is 6.83. The molecule has 0 aromatic carbocycles. The molecule has 4 heterocycles. The van der Waals surface area contributed by atoms with Crippen LogP contribution in [0.1, 0.15) is 0 Å². The van der Waals surface area contributed by atoms with Crippen LogP contribution < -0.4 is 10.1 Å². The van der Waals surface area contributed by atoms with Crippen molar-refractivity contribution in [3.05, 3.63) is 53.6 Å². The van der Waals surface area contributed by atoms with Crippen molar-refractivity contribution in [3.8, 4) is 17.0 Å². The van der Waals surface area contributed by atoms with Crippen LogP contribution in [0.3, 0.4) is 0 Å². The molecule has 0 bridgehead atoms. The standard InChI is InChI=1S/C16H13N5OS/c1-22-15-3-2-12(8-17-15)19-14-4-6-21-16(20-14)13(9-18-21)11-5-7-23-10-11/h2-10H,1H3,(H,19,20). The molecule has 0 saturated heterocycles. The molecule has 0 aliphatic carbocycles. The number of fused-ring (bicyclic) bond motifs is 1. The monoisotopic (exact) mass is 323 g/mol. The van der Waals surface area contributed by atoms with E-state index in [-0.39, 0.29) is 0 Å². The molecule has 114 valence electrons. The molecule has 0 amide bonds. The van der Waals surface area contributed by atoms with Crippen LogP contribution in [0.2, 0.25) is 0 Å². The molecule has 6 nitrogen and oxygen atoms in total. The summed E-state index contributed by atoms with van der Waals surface area (Å²) in [6.45, 7) is 0. The van der Waals surface area contributed by atoms with E-state index < -0.39 is 0 Å². The second-order valence-corrected chi connectivity index (χ2v) is 5.65. The molecule has 4 rings (SSSR count). The van der Waals surface area contributed by atoms with Crippen molar-refractivity contribution < 1.29 is 4.74 Å². The van der Waals surface area contributed by atoms with Gasteiger partial charge in [0.1, 0.15) is 5.82 Å². The molecular formula is C16H13N5OS. The lowest BCUT2D eigenvalue weighted by molar-refractivity contribution is 0.398. The highest BCUT2D eigenvalue weighted by Gasteiger charge is 2.09. The van der Waals surface area contributed by atoms with Crippen molar-refractivity contribution in [2.24, 2.45) is 0 Å². The fourth-order valence-electron chi connectivity index (χ4n) is 2.28. The van der Waals surface area contributed by atoms with E-state index in [1.54, 1.807) is 35.2 Å². The zero-order chi connectivity index (χ0) is 15.6. The quantitative estimate of drug-likeness (QED) is 0.621. The summed E-state index contributed by atoms with van der Waals surface area (Å²) in [5.41, 5.74) is 3.80. The van der Waals surface area contributed by atoms with Gasteiger partial charge >= 0.3 is 0 Å². The number of anilines is 2. The minimum Gasteiger partial charge on any atom is -0.481 e. The maximum absolute atomic E-state index is 5.06. The van der Waals surface area contributed by atoms with Crippen LogP contribution in [0.4, 0.5) is 11.5 Å². The molecule has 0 fully saturated rings. The first kappa shape index (κ1) is 13.7. The number of aromatic nitrogens is 4. The van der Waals surface area contributed by atoms with E-state index in [1.165, 1.54) is 0 Å². The Kier molecular flexibility index (Phi) is 3.39.